The van der Waals surface area contributed by atoms with Crippen molar-refractivity contribution in [2.24, 2.45) is 0 Å². The maximum Gasteiger partial charge on any atom is 0.319 e. The van der Waals surface area contributed by atoms with Crippen molar-refractivity contribution in [3.05, 3.63) is 40.7 Å². The van der Waals surface area contributed by atoms with Gasteiger partial charge in [-0.2, -0.15) is 0 Å². The van der Waals surface area contributed by atoms with Crippen molar-refractivity contribution in [1.82, 2.24) is 0 Å². The number of hydrogen-bond donors (Lipinski definition) is 0. The Kier molecular flexibility index (Phi) is 5.12. The molecule has 0 bridgehead atoms. The van der Waals surface area contributed by atoms with Crippen LogP contribution in [0.4, 0.5) is 4.39 Å². The number of ketones is 1. The molecule has 0 aliphatic carbocycles. The number of hydrogen-bond acceptors (Lipinski definition) is 3. The third kappa shape index (κ3) is 4.97. The van der Waals surface area contributed by atoms with Crippen LogP contribution in [0, 0.1) is 5.82 Å². The first-order chi connectivity index (χ1) is 7.99. The molecule has 0 saturated heterocycles. The molecule has 0 aromatic heterocycles. The summed E-state index contributed by atoms with van der Waals surface area (Å²) < 4.78 is 17.5. The normalized spacial score (nSPS) is 9.59. The Morgan fingerprint density at radius 3 is 2.53 bits per heavy atom. The zero-order valence-corrected chi connectivity index (χ0v) is 9.96. The summed E-state index contributed by atoms with van der Waals surface area (Å²) in [5.74, 6) is -2.41. The van der Waals surface area contributed by atoms with E-state index in [4.69, 9.17) is 23.2 Å². The molecular weight excluding hydrogens is 270 g/mol. The van der Waals surface area contributed by atoms with Crippen molar-refractivity contribution >= 4 is 35.0 Å². The summed E-state index contributed by atoms with van der Waals surface area (Å²) >= 11 is 10.5. The average molecular weight is 277 g/mol. The number of halogens is 3. The molecule has 0 heterocycles. The Labute approximate surface area is 107 Å². The van der Waals surface area contributed by atoms with Gasteiger partial charge in [0.15, 0.2) is 17.3 Å². The third-order valence-corrected chi connectivity index (χ3v) is 1.87. The summed E-state index contributed by atoms with van der Waals surface area (Å²) in [6.07, 6.45) is 0.322. The molecule has 0 spiro atoms. The lowest BCUT2D eigenvalue weighted by Crippen LogP contribution is -2.13. The van der Waals surface area contributed by atoms with E-state index in [1.807, 2.05) is 0 Å². The van der Waals surface area contributed by atoms with E-state index in [1.54, 1.807) is 0 Å². The minimum atomic E-state index is -0.883. The average Bonchev–Trinajstić information content (AvgIpc) is 2.19. The molecule has 17 heavy (non-hydrogen) atoms. The lowest BCUT2D eigenvalue weighted by atomic mass is 10.3. The number of ether oxygens (including phenoxy) is 1. The number of allylic oxidation sites excluding steroid dienone is 1. The number of esters is 1. The Bertz CT molecular complexity index is 468. The van der Waals surface area contributed by atoms with Crippen molar-refractivity contribution in [3.8, 4) is 5.75 Å². The molecule has 3 nitrogen and oxygen atoms in total. The number of para-hydroxylation sites is 1. The van der Waals surface area contributed by atoms with Gasteiger partial charge in [0.05, 0.1) is 0 Å². The van der Waals surface area contributed by atoms with E-state index in [-0.39, 0.29) is 10.2 Å². The second kappa shape index (κ2) is 6.37. The SMILES string of the molecule is O=C(C=C(Cl)Cl)CC(=O)Oc1ccccc1F. The Morgan fingerprint density at radius 2 is 1.94 bits per heavy atom. The molecule has 6 heteroatoms. The standard InChI is InChI=1S/C11H7Cl2FO3/c12-10(13)5-7(15)6-11(16)17-9-4-2-1-3-8(9)14/h1-5H,6H2. The van der Waals surface area contributed by atoms with Crippen molar-refractivity contribution in [1.29, 1.82) is 0 Å². The smallest absolute Gasteiger partial charge is 0.319 e. The molecule has 0 radical (unpaired) electrons. The lowest BCUT2D eigenvalue weighted by Gasteiger charge is -2.03. The van der Waals surface area contributed by atoms with Crippen LogP contribution in [-0.4, -0.2) is 11.8 Å². The molecule has 0 saturated carbocycles. The highest BCUT2D eigenvalue weighted by Gasteiger charge is 2.12. The predicted octanol–water partition coefficient (Wildman–Crippen LogP) is 3.01. The molecule has 0 amide bonds. The van der Waals surface area contributed by atoms with Crippen molar-refractivity contribution in [2.75, 3.05) is 0 Å². The van der Waals surface area contributed by atoms with Crippen LogP contribution in [0.1, 0.15) is 6.42 Å². The molecule has 90 valence electrons. The van der Waals surface area contributed by atoms with Crippen molar-refractivity contribution < 1.29 is 18.7 Å². The highest BCUT2D eigenvalue weighted by molar-refractivity contribution is 6.56. The van der Waals surface area contributed by atoms with Crippen molar-refractivity contribution in [2.45, 2.75) is 6.42 Å². The van der Waals surface area contributed by atoms with Crippen LogP contribution < -0.4 is 4.74 Å². The molecule has 1 aromatic rings. The number of carbonyl (C=O) groups excluding carboxylic acids is 2. The minimum Gasteiger partial charge on any atom is -0.423 e. The van der Waals surface area contributed by atoms with Gasteiger partial charge in [0.1, 0.15) is 10.9 Å². The zero-order valence-electron chi connectivity index (χ0n) is 8.45. The fourth-order valence-corrected chi connectivity index (χ4v) is 1.24. The zero-order chi connectivity index (χ0) is 12.8. The summed E-state index contributed by atoms with van der Waals surface area (Å²) in [6.45, 7) is 0. The van der Waals surface area contributed by atoms with Gasteiger partial charge in [-0.15, -0.1) is 0 Å². The Hall–Kier alpha value is -1.39. The highest BCUT2D eigenvalue weighted by atomic mass is 35.5. The molecule has 0 fully saturated rings. The summed E-state index contributed by atoms with van der Waals surface area (Å²) in [5.41, 5.74) is 0. The summed E-state index contributed by atoms with van der Waals surface area (Å²) in [4.78, 5) is 22.3. The molecule has 0 aliphatic rings. The van der Waals surface area contributed by atoms with Crippen LogP contribution in [0.2, 0.25) is 0 Å². The first-order valence-corrected chi connectivity index (χ1v) is 5.25. The van der Waals surface area contributed by atoms with Gasteiger partial charge < -0.3 is 4.74 Å². The van der Waals surface area contributed by atoms with E-state index in [2.05, 4.69) is 4.74 Å². The largest absolute Gasteiger partial charge is 0.423 e. The van der Waals surface area contributed by atoms with E-state index in [9.17, 15) is 14.0 Å². The molecule has 0 atom stereocenters. The topological polar surface area (TPSA) is 43.4 Å². The summed E-state index contributed by atoms with van der Waals surface area (Å²) in [6, 6.07) is 5.37. The van der Waals surface area contributed by atoms with Gasteiger partial charge in [-0.3, -0.25) is 9.59 Å². The third-order valence-electron chi connectivity index (χ3n) is 1.65. The quantitative estimate of drug-likeness (QED) is 0.368. The number of benzene rings is 1. The van der Waals surface area contributed by atoms with Gasteiger partial charge in [0.2, 0.25) is 0 Å². The molecule has 0 unspecified atom stereocenters. The molecule has 0 N–H and O–H groups in total. The van der Waals surface area contributed by atoms with Gasteiger partial charge in [-0.05, 0) is 12.1 Å². The van der Waals surface area contributed by atoms with E-state index in [1.165, 1.54) is 18.2 Å². The van der Waals surface area contributed by atoms with Crippen LogP contribution >= 0.6 is 23.2 Å². The van der Waals surface area contributed by atoms with Gasteiger partial charge in [-0.25, -0.2) is 4.39 Å². The van der Waals surface area contributed by atoms with Gasteiger partial charge in [0, 0.05) is 6.08 Å². The van der Waals surface area contributed by atoms with Gasteiger partial charge >= 0.3 is 5.97 Å². The molecular formula is C11H7Cl2FO3. The van der Waals surface area contributed by atoms with E-state index < -0.39 is 24.0 Å². The highest BCUT2D eigenvalue weighted by Crippen LogP contribution is 2.16. The molecule has 1 rings (SSSR count). The monoisotopic (exact) mass is 276 g/mol. The van der Waals surface area contributed by atoms with Crippen LogP contribution in [0.3, 0.4) is 0 Å². The van der Waals surface area contributed by atoms with E-state index >= 15 is 0 Å². The lowest BCUT2D eigenvalue weighted by molar-refractivity contribution is -0.137. The predicted molar refractivity (Wildman–Crippen MR) is 61.4 cm³/mol. The minimum absolute atomic E-state index is 0.230. The number of carbonyl (C=O) groups is 2. The maximum absolute atomic E-state index is 13.1. The summed E-state index contributed by atoms with van der Waals surface area (Å²) in [5, 5.41) is 0. The van der Waals surface area contributed by atoms with Gasteiger partial charge in [0.25, 0.3) is 0 Å². The fourth-order valence-electron chi connectivity index (χ4n) is 1.00. The van der Waals surface area contributed by atoms with Crippen LogP contribution in [-0.2, 0) is 9.59 Å². The second-order valence-electron chi connectivity index (χ2n) is 2.98. The number of rotatable bonds is 4. The van der Waals surface area contributed by atoms with Crippen LogP contribution in [0.5, 0.6) is 5.75 Å². The van der Waals surface area contributed by atoms with E-state index in [0.717, 1.165) is 12.1 Å². The van der Waals surface area contributed by atoms with Crippen LogP contribution in [0.25, 0.3) is 0 Å². The molecule has 1 aromatic carbocycles. The first-order valence-electron chi connectivity index (χ1n) is 4.50. The maximum atomic E-state index is 13.1. The van der Waals surface area contributed by atoms with Crippen molar-refractivity contribution in [3.63, 3.8) is 0 Å². The summed E-state index contributed by atoms with van der Waals surface area (Å²) in [7, 11) is 0. The Morgan fingerprint density at radius 1 is 1.29 bits per heavy atom. The second-order valence-corrected chi connectivity index (χ2v) is 3.99. The Balaban J connectivity index is 2.60. The van der Waals surface area contributed by atoms with E-state index in [0.29, 0.717) is 0 Å². The fraction of sp³-hybridized carbons (Fsp3) is 0.0909. The van der Waals surface area contributed by atoms with Crippen LogP contribution in [0.15, 0.2) is 34.8 Å². The molecule has 0 aliphatic heterocycles. The van der Waals surface area contributed by atoms with Gasteiger partial charge in [-0.1, -0.05) is 35.3 Å². The first kappa shape index (κ1) is 13.7.